The molecule has 2 aromatic rings. The van der Waals surface area contributed by atoms with E-state index < -0.39 is 18.2 Å². The van der Waals surface area contributed by atoms with Gasteiger partial charge >= 0.3 is 0 Å². The van der Waals surface area contributed by atoms with E-state index in [0.29, 0.717) is 18.5 Å². The number of aliphatic hydroxyl groups excluding tert-OH is 1. The van der Waals surface area contributed by atoms with E-state index in [1.54, 1.807) is 17.8 Å². The van der Waals surface area contributed by atoms with Crippen LogP contribution in [0.5, 0.6) is 0 Å². The predicted octanol–water partition coefficient (Wildman–Crippen LogP) is 2.08. The number of carbonyl (C=O) groups excluding carboxylic acids is 2. The van der Waals surface area contributed by atoms with E-state index >= 15 is 0 Å². The Morgan fingerprint density at radius 2 is 1.96 bits per heavy atom. The minimum absolute atomic E-state index is 0.0222. The maximum Gasteiger partial charge on any atom is 0.248 e. The molecule has 7 heteroatoms. The van der Waals surface area contributed by atoms with Crippen LogP contribution in [0.4, 0.5) is 0 Å². The molecule has 1 aromatic carbocycles. The van der Waals surface area contributed by atoms with Gasteiger partial charge in [0.15, 0.2) is 5.78 Å². The average molecular weight is 370 g/mol. The van der Waals surface area contributed by atoms with E-state index in [4.69, 9.17) is 0 Å². The van der Waals surface area contributed by atoms with E-state index in [0.717, 1.165) is 5.56 Å². The maximum atomic E-state index is 13.3. The van der Waals surface area contributed by atoms with Gasteiger partial charge in [-0.1, -0.05) is 56.3 Å². The fraction of sp³-hybridized carbons (Fsp3) is 0.500. The third-order valence-corrected chi connectivity index (χ3v) is 5.03. The number of hydrogen-bond acceptors (Lipinski definition) is 5. The Balaban J connectivity index is 1.88. The Morgan fingerprint density at radius 3 is 2.59 bits per heavy atom. The first kappa shape index (κ1) is 19.2. The van der Waals surface area contributed by atoms with Crippen molar-refractivity contribution in [3.63, 3.8) is 0 Å². The summed E-state index contributed by atoms with van der Waals surface area (Å²) < 4.78 is 1.58. The van der Waals surface area contributed by atoms with Crippen molar-refractivity contribution in [1.82, 2.24) is 19.9 Å². The number of hydrogen-bond donors (Lipinski definition) is 1. The number of carbonyl (C=O) groups is 2. The number of rotatable bonds is 6. The number of likely N-dealkylation sites (tertiary alicyclic amines) is 1. The summed E-state index contributed by atoms with van der Waals surface area (Å²) in [5, 5.41) is 18.4. The molecular formula is C20H26N4O3. The van der Waals surface area contributed by atoms with Crippen LogP contribution in [0, 0.1) is 5.92 Å². The summed E-state index contributed by atoms with van der Waals surface area (Å²) in [5.41, 5.74) is 1.62. The van der Waals surface area contributed by atoms with Crippen LogP contribution in [0.15, 0.2) is 36.5 Å². The molecule has 1 aromatic heterocycles. The molecule has 2 heterocycles. The number of Topliss-reactive ketones (excluding diaryl/α,β-unsaturated/α-hetero) is 1. The summed E-state index contributed by atoms with van der Waals surface area (Å²) in [4.78, 5) is 27.1. The Kier molecular flexibility index (Phi) is 5.70. The molecule has 1 saturated heterocycles. The summed E-state index contributed by atoms with van der Waals surface area (Å²) in [7, 11) is 0. The molecule has 1 N–H and O–H groups in total. The Labute approximate surface area is 159 Å². The molecule has 0 unspecified atom stereocenters. The van der Waals surface area contributed by atoms with Crippen molar-refractivity contribution in [2.45, 2.75) is 51.8 Å². The second-order valence-corrected chi connectivity index (χ2v) is 7.35. The summed E-state index contributed by atoms with van der Waals surface area (Å²) in [6.07, 6.45) is 1.74. The largest absolute Gasteiger partial charge is 0.391 e. The monoisotopic (exact) mass is 370 g/mol. The van der Waals surface area contributed by atoms with E-state index in [1.165, 1.54) is 4.90 Å². The van der Waals surface area contributed by atoms with Gasteiger partial charge in [0, 0.05) is 24.9 Å². The highest BCUT2D eigenvalue weighted by Crippen LogP contribution is 2.28. The first-order valence-electron chi connectivity index (χ1n) is 9.40. The Bertz CT molecular complexity index is 803. The van der Waals surface area contributed by atoms with Crippen molar-refractivity contribution >= 4 is 11.7 Å². The van der Waals surface area contributed by atoms with E-state index in [1.807, 2.05) is 44.2 Å². The molecule has 1 fully saturated rings. The molecule has 7 nitrogen and oxygen atoms in total. The predicted molar refractivity (Wildman–Crippen MR) is 101 cm³/mol. The summed E-state index contributed by atoms with van der Waals surface area (Å²) >= 11 is 0. The van der Waals surface area contributed by atoms with Gasteiger partial charge in [-0.3, -0.25) is 9.59 Å². The topological polar surface area (TPSA) is 88.3 Å². The van der Waals surface area contributed by atoms with Crippen LogP contribution in [0.25, 0.3) is 11.3 Å². The average Bonchev–Trinajstić information content (AvgIpc) is 3.28. The van der Waals surface area contributed by atoms with Gasteiger partial charge in [0.2, 0.25) is 5.91 Å². The zero-order valence-electron chi connectivity index (χ0n) is 15.9. The number of benzene rings is 1. The molecule has 1 aliphatic heterocycles. The van der Waals surface area contributed by atoms with Gasteiger partial charge in [-0.05, 0) is 5.92 Å². The summed E-state index contributed by atoms with van der Waals surface area (Å²) in [5.74, 6) is -0.262. The van der Waals surface area contributed by atoms with Crippen LogP contribution in [-0.2, 0) is 9.59 Å². The first-order valence-corrected chi connectivity index (χ1v) is 9.40. The Morgan fingerprint density at radius 1 is 1.26 bits per heavy atom. The fourth-order valence-electron chi connectivity index (χ4n) is 3.63. The van der Waals surface area contributed by atoms with Gasteiger partial charge in [0.25, 0.3) is 0 Å². The van der Waals surface area contributed by atoms with Crippen molar-refractivity contribution in [1.29, 1.82) is 0 Å². The zero-order valence-corrected chi connectivity index (χ0v) is 15.9. The minimum atomic E-state index is -0.669. The van der Waals surface area contributed by atoms with Crippen molar-refractivity contribution < 1.29 is 14.7 Å². The molecular weight excluding hydrogens is 344 g/mol. The highest BCUT2D eigenvalue weighted by atomic mass is 16.3. The van der Waals surface area contributed by atoms with Crippen molar-refractivity contribution in [2.24, 2.45) is 5.92 Å². The lowest BCUT2D eigenvalue weighted by Crippen LogP contribution is -2.45. The van der Waals surface area contributed by atoms with Gasteiger partial charge in [0.1, 0.15) is 11.7 Å². The number of ketones is 1. The zero-order chi connectivity index (χ0) is 19.6. The van der Waals surface area contributed by atoms with Crippen LogP contribution in [0.3, 0.4) is 0 Å². The number of aromatic nitrogens is 3. The molecule has 0 bridgehead atoms. The van der Waals surface area contributed by atoms with Crippen LogP contribution < -0.4 is 0 Å². The normalized spacial score (nSPS) is 20.9. The SMILES string of the molecule is CCC(=O)[C@@H]1C[C@@H](O)CN1C(=O)[C@H](C(C)C)n1cc(-c2ccccc2)nn1. The van der Waals surface area contributed by atoms with Gasteiger partial charge < -0.3 is 10.0 Å². The lowest BCUT2D eigenvalue weighted by atomic mass is 10.0. The van der Waals surface area contributed by atoms with Crippen LogP contribution >= 0.6 is 0 Å². The highest BCUT2D eigenvalue weighted by Gasteiger charge is 2.41. The Hall–Kier alpha value is -2.54. The molecule has 0 radical (unpaired) electrons. The number of nitrogens with zero attached hydrogens (tertiary/aromatic N) is 4. The number of amides is 1. The molecule has 1 aliphatic rings. The summed E-state index contributed by atoms with van der Waals surface area (Å²) in [6, 6.07) is 8.51. The van der Waals surface area contributed by atoms with Gasteiger partial charge in [-0.15, -0.1) is 5.10 Å². The second-order valence-electron chi connectivity index (χ2n) is 7.35. The molecule has 0 aliphatic carbocycles. The lowest BCUT2D eigenvalue weighted by Gasteiger charge is -2.29. The standard InChI is InChI=1S/C20H26N4O3/c1-4-18(26)17-10-15(25)11-23(17)20(27)19(13(2)3)24-12-16(21-22-24)14-8-6-5-7-9-14/h5-9,12-13,15,17,19,25H,4,10-11H2,1-3H3/t15-,17+,19+/m1/s1. The minimum Gasteiger partial charge on any atom is -0.391 e. The summed E-state index contributed by atoms with van der Waals surface area (Å²) in [6.45, 7) is 5.84. The first-order chi connectivity index (χ1) is 12.9. The van der Waals surface area contributed by atoms with Gasteiger partial charge in [0.05, 0.1) is 18.3 Å². The van der Waals surface area contributed by atoms with Crippen molar-refractivity contribution in [3.8, 4) is 11.3 Å². The van der Waals surface area contributed by atoms with E-state index in [2.05, 4.69) is 10.3 Å². The van der Waals surface area contributed by atoms with Crippen molar-refractivity contribution in [2.75, 3.05) is 6.54 Å². The second kappa shape index (κ2) is 8.00. The number of β-amino-alcohol motifs (C(OH)–C–C–N with tert-alkyl or cyclic N) is 1. The molecule has 27 heavy (non-hydrogen) atoms. The fourth-order valence-corrected chi connectivity index (χ4v) is 3.63. The quantitative estimate of drug-likeness (QED) is 0.841. The van der Waals surface area contributed by atoms with Crippen LogP contribution in [0.1, 0.15) is 39.7 Å². The molecule has 3 rings (SSSR count). The number of aliphatic hydroxyl groups is 1. The molecule has 3 atom stereocenters. The van der Waals surface area contributed by atoms with Crippen molar-refractivity contribution in [3.05, 3.63) is 36.5 Å². The third-order valence-electron chi connectivity index (χ3n) is 5.03. The van der Waals surface area contributed by atoms with Gasteiger partial charge in [-0.25, -0.2) is 4.68 Å². The van der Waals surface area contributed by atoms with E-state index in [9.17, 15) is 14.7 Å². The molecule has 1 amide bonds. The maximum absolute atomic E-state index is 13.3. The van der Waals surface area contributed by atoms with Crippen LogP contribution in [0.2, 0.25) is 0 Å². The highest BCUT2D eigenvalue weighted by molar-refractivity contribution is 5.91. The molecule has 0 spiro atoms. The third kappa shape index (κ3) is 3.93. The van der Waals surface area contributed by atoms with Crippen LogP contribution in [-0.4, -0.2) is 55.4 Å². The lowest BCUT2D eigenvalue weighted by molar-refractivity contribution is -0.141. The smallest absolute Gasteiger partial charge is 0.248 e. The van der Waals surface area contributed by atoms with E-state index in [-0.39, 0.29) is 24.2 Å². The molecule has 144 valence electrons. The molecule has 0 saturated carbocycles. The van der Waals surface area contributed by atoms with Gasteiger partial charge in [-0.2, -0.15) is 0 Å².